The second kappa shape index (κ2) is 9.64. The number of anilines is 1. The molecule has 1 unspecified atom stereocenters. The second-order valence-corrected chi connectivity index (χ2v) is 12.1. The maximum absolute atomic E-state index is 13.0. The maximum atomic E-state index is 13.0. The molecule has 11 heteroatoms. The summed E-state index contributed by atoms with van der Waals surface area (Å²) in [6, 6.07) is 5.23. The van der Waals surface area contributed by atoms with Crippen molar-refractivity contribution in [2.75, 3.05) is 12.3 Å². The molecule has 0 amide bonds. The molecule has 1 fully saturated rings. The van der Waals surface area contributed by atoms with Crippen LogP contribution in [-0.2, 0) is 14.8 Å². The van der Waals surface area contributed by atoms with Crippen LogP contribution in [0.2, 0.25) is 0 Å². The average molecular weight is 501 g/mol. The van der Waals surface area contributed by atoms with E-state index in [4.69, 9.17) is 22.1 Å². The first-order valence-electron chi connectivity index (χ1n) is 10.3. The van der Waals surface area contributed by atoms with E-state index in [9.17, 15) is 13.2 Å². The molecule has 0 spiro atoms. The van der Waals surface area contributed by atoms with Crippen molar-refractivity contribution in [1.82, 2.24) is 15.0 Å². The fourth-order valence-corrected chi connectivity index (χ4v) is 6.52. The molecule has 1 aromatic heterocycles. The fourth-order valence-electron chi connectivity index (χ4n) is 3.54. The molecule has 1 aliphatic carbocycles. The Labute approximate surface area is 198 Å². The average Bonchev–Trinajstić information content (AvgIpc) is 3.07. The van der Waals surface area contributed by atoms with Crippen molar-refractivity contribution < 1.29 is 17.9 Å². The number of aromatic nitrogens is 1. The van der Waals surface area contributed by atoms with Gasteiger partial charge in [0.05, 0.1) is 14.8 Å². The van der Waals surface area contributed by atoms with E-state index in [-0.39, 0.29) is 11.0 Å². The normalized spacial score (nSPS) is 19.9. The van der Waals surface area contributed by atoms with Gasteiger partial charge in [0.15, 0.2) is 0 Å². The lowest BCUT2D eigenvalue weighted by molar-refractivity contribution is 0.123. The van der Waals surface area contributed by atoms with E-state index in [0.29, 0.717) is 29.8 Å². The molecule has 1 saturated carbocycles. The van der Waals surface area contributed by atoms with Crippen LogP contribution in [0.5, 0.6) is 0 Å². The van der Waals surface area contributed by atoms with E-state index in [2.05, 4.69) is 15.0 Å². The molecule has 3 rings (SSSR count). The third-order valence-corrected chi connectivity index (χ3v) is 8.08. The van der Waals surface area contributed by atoms with Gasteiger partial charge in [0, 0.05) is 53.1 Å². The first-order valence-corrected chi connectivity index (χ1v) is 13.0. The zero-order valence-electron chi connectivity index (χ0n) is 18.5. The molecule has 0 radical (unpaired) electrons. The van der Waals surface area contributed by atoms with Gasteiger partial charge in [0.2, 0.25) is 10.0 Å². The largest absolute Gasteiger partial charge is 0.449 e. The number of carbonyl (C=O) groups excluding carboxylic acids is 1. The lowest BCUT2D eigenvalue weighted by Crippen LogP contribution is -2.43. The molecule has 1 aliphatic rings. The molecule has 1 aromatic carbocycles. The minimum Gasteiger partial charge on any atom is -0.449 e. The smallest absolute Gasteiger partial charge is 0.404 e. The number of thiazole rings is 1. The first-order chi connectivity index (χ1) is 14.8. The highest BCUT2D eigenvalue weighted by molar-refractivity contribution is 7.89. The van der Waals surface area contributed by atoms with Crippen molar-refractivity contribution in [1.29, 1.82) is 0 Å². The number of rotatable bonds is 8. The number of carbonyl (C=O) groups is 1. The number of benzene rings is 1. The lowest BCUT2D eigenvalue weighted by atomic mass is 9.80. The lowest BCUT2D eigenvalue weighted by Gasteiger charge is -2.35. The molecule has 8 nitrogen and oxygen atoms in total. The number of sulfonamides is 1. The summed E-state index contributed by atoms with van der Waals surface area (Å²) in [6.45, 7) is 7.70. The van der Waals surface area contributed by atoms with Gasteiger partial charge in [-0.3, -0.25) is 0 Å². The van der Waals surface area contributed by atoms with Gasteiger partial charge in [-0.05, 0) is 52.7 Å². The van der Waals surface area contributed by atoms with Crippen LogP contribution in [0.15, 0.2) is 29.3 Å². The van der Waals surface area contributed by atoms with Gasteiger partial charge < -0.3 is 15.8 Å². The van der Waals surface area contributed by atoms with Crippen LogP contribution in [0.1, 0.15) is 51.5 Å². The Morgan fingerprint density at radius 1 is 1.38 bits per heavy atom. The van der Waals surface area contributed by atoms with Gasteiger partial charge >= 0.3 is 5.43 Å². The molecule has 0 saturated heterocycles. The van der Waals surface area contributed by atoms with Crippen LogP contribution in [0.4, 0.5) is 10.5 Å². The Morgan fingerprint density at radius 2 is 2.06 bits per heavy atom. The number of halogens is 1. The Kier molecular flexibility index (Phi) is 7.51. The predicted molar refractivity (Wildman–Crippen MR) is 128 cm³/mol. The summed E-state index contributed by atoms with van der Waals surface area (Å²) in [7, 11) is -3.76. The topological polar surface area (TPSA) is 123 Å². The number of hydrogen-bond acceptors (Lipinski definition) is 8. The molecule has 176 valence electrons. The molecule has 4 N–H and O–H groups in total. The minimum atomic E-state index is -3.76. The summed E-state index contributed by atoms with van der Waals surface area (Å²) in [5.41, 5.74) is 5.45. The fraction of sp³-hybridized carbons (Fsp3) is 0.524. The summed E-state index contributed by atoms with van der Waals surface area (Å²) < 4.78 is 33.6. The van der Waals surface area contributed by atoms with Crippen molar-refractivity contribution in [3.8, 4) is 10.4 Å². The number of ether oxygens (including phenoxy) is 1. The summed E-state index contributed by atoms with van der Waals surface area (Å²) in [5.74, 6) is 0.304. The van der Waals surface area contributed by atoms with E-state index in [0.717, 1.165) is 22.7 Å². The summed E-state index contributed by atoms with van der Waals surface area (Å²) in [4.78, 5) is 16.3. The van der Waals surface area contributed by atoms with Gasteiger partial charge in [-0.1, -0.05) is 6.07 Å². The molecule has 0 aliphatic heterocycles. The number of nitrogens with two attached hydrogens (primary N) is 1. The molecule has 1 atom stereocenters. The maximum Gasteiger partial charge on any atom is 0.404 e. The van der Waals surface area contributed by atoms with Crippen LogP contribution in [0, 0.1) is 0 Å². The van der Waals surface area contributed by atoms with Crippen LogP contribution >= 0.6 is 22.9 Å². The summed E-state index contributed by atoms with van der Waals surface area (Å²) in [6.07, 6.45) is 3.25. The molecular weight excluding hydrogens is 472 g/mol. The van der Waals surface area contributed by atoms with Gasteiger partial charge in [-0.15, -0.1) is 11.3 Å². The highest BCUT2D eigenvalue weighted by atomic mass is 35.5. The highest BCUT2D eigenvalue weighted by Crippen LogP contribution is 2.42. The van der Waals surface area contributed by atoms with Crippen molar-refractivity contribution in [3.63, 3.8) is 0 Å². The zero-order valence-corrected chi connectivity index (χ0v) is 20.9. The van der Waals surface area contributed by atoms with Crippen molar-refractivity contribution in [2.45, 2.75) is 69.0 Å². The van der Waals surface area contributed by atoms with Gasteiger partial charge in [-0.2, -0.15) is 0 Å². The molecule has 2 aromatic rings. The van der Waals surface area contributed by atoms with Crippen molar-refractivity contribution in [3.05, 3.63) is 29.4 Å². The number of nitrogens with one attached hydrogen (secondary N) is 2. The van der Waals surface area contributed by atoms with E-state index >= 15 is 0 Å². The van der Waals surface area contributed by atoms with Crippen LogP contribution in [-0.4, -0.2) is 43.1 Å². The Bertz CT molecular complexity index is 1080. The van der Waals surface area contributed by atoms with E-state index in [1.807, 2.05) is 0 Å². The molecule has 1 heterocycles. The zero-order chi connectivity index (χ0) is 23.7. The highest BCUT2D eigenvalue weighted by Gasteiger charge is 2.33. The Hall–Kier alpha value is -1.72. The van der Waals surface area contributed by atoms with Gasteiger partial charge in [0.1, 0.15) is 6.10 Å². The van der Waals surface area contributed by atoms with Crippen molar-refractivity contribution >= 4 is 44.1 Å². The molecular formula is C21H29ClN4O4S2. The Morgan fingerprint density at radius 3 is 2.69 bits per heavy atom. The summed E-state index contributed by atoms with van der Waals surface area (Å²) >= 11 is 6.73. The predicted octanol–water partition coefficient (Wildman–Crippen LogP) is 4.07. The molecule has 32 heavy (non-hydrogen) atoms. The quantitative estimate of drug-likeness (QED) is 0.368. The van der Waals surface area contributed by atoms with Crippen LogP contribution in [0.3, 0.4) is 0 Å². The third-order valence-electron chi connectivity index (χ3n) is 5.00. The standard InChI is InChI=1S/C21H29ClN4O4S2/c1-12(30-20(22)27)10-24-15-7-13(8-15)19-25-11-17(31-19)16-6-5-14(23)9-18(16)32(28,29)26-21(2,3)4/h5-6,9,11-13,15,24,26H,7-8,10,23H2,1-4H3. The van der Waals surface area contributed by atoms with Gasteiger partial charge in [0.25, 0.3) is 0 Å². The number of nitrogen functional groups attached to an aromatic ring is 1. The van der Waals surface area contributed by atoms with Crippen LogP contribution in [0.25, 0.3) is 10.4 Å². The SMILES string of the molecule is CC(CNC1CC(c2ncc(-c3ccc(N)cc3S(=O)(=O)NC(C)(C)C)s2)C1)OC(=O)Cl. The van der Waals surface area contributed by atoms with Crippen molar-refractivity contribution in [2.24, 2.45) is 0 Å². The van der Waals surface area contributed by atoms with E-state index < -0.39 is 21.0 Å². The molecule has 0 bridgehead atoms. The minimum absolute atomic E-state index is 0.151. The third kappa shape index (κ3) is 6.41. The Balaban J connectivity index is 1.70. The second-order valence-electron chi connectivity index (χ2n) is 9.11. The van der Waals surface area contributed by atoms with E-state index in [1.165, 1.54) is 17.4 Å². The summed E-state index contributed by atoms with van der Waals surface area (Å²) in [5, 5.41) is 4.33. The van der Waals surface area contributed by atoms with Crippen LogP contribution < -0.4 is 15.8 Å². The number of nitrogens with zero attached hydrogens (tertiary/aromatic N) is 1. The van der Waals surface area contributed by atoms with Gasteiger partial charge in [-0.25, -0.2) is 22.9 Å². The van der Waals surface area contributed by atoms with E-state index in [1.54, 1.807) is 46.0 Å². The number of hydrogen-bond donors (Lipinski definition) is 3. The first kappa shape index (κ1) is 24.9. The monoisotopic (exact) mass is 500 g/mol.